The third-order valence-corrected chi connectivity index (χ3v) is 6.32. The van der Waals surface area contributed by atoms with Crippen molar-refractivity contribution in [2.45, 2.75) is 70.4 Å². The van der Waals surface area contributed by atoms with Crippen LogP contribution in [0.25, 0.3) is 0 Å². The van der Waals surface area contributed by atoms with Crippen LogP contribution >= 0.6 is 24.8 Å². The standard InChI is InChI=1S/C18H33N3O.2ClH/c1-14-5-7-16(8-6-14)20-9-11-21(12-10-20)18(22)13-15-3-2-4-17(15)19;;/h14-17H,2-13,19H2,1H3;2*1H/t14?,15-,16?,17+;;/m0../s1. The van der Waals surface area contributed by atoms with E-state index >= 15 is 0 Å². The molecule has 3 aliphatic rings. The first-order chi connectivity index (χ1) is 10.6. The molecular weight excluding hydrogens is 345 g/mol. The molecule has 2 atom stereocenters. The van der Waals surface area contributed by atoms with Gasteiger partial charge in [0.15, 0.2) is 0 Å². The molecule has 2 aliphatic carbocycles. The maximum absolute atomic E-state index is 12.5. The van der Waals surface area contributed by atoms with E-state index in [1.54, 1.807) is 0 Å². The van der Waals surface area contributed by atoms with E-state index in [4.69, 9.17) is 5.73 Å². The van der Waals surface area contributed by atoms with Crippen molar-refractivity contribution >= 4 is 30.7 Å². The van der Waals surface area contributed by atoms with E-state index in [2.05, 4.69) is 16.7 Å². The van der Waals surface area contributed by atoms with Crippen molar-refractivity contribution in [1.82, 2.24) is 9.80 Å². The quantitative estimate of drug-likeness (QED) is 0.819. The Balaban J connectivity index is 0.00000144. The van der Waals surface area contributed by atoms with Crippen LogP contribution < -0.4 is 5.73 Å². The number of hydrogen-bond donors (Lipinski definition) is 1. The van der Waals surface area contributed by atoms with Crippen LogP contribution in [0.2, 0.25) is 0 Å². The first-order valence-corrected chi connectivity index (χ1v) is 9.41. The first-order valence-electron chi connectivity index (χ1n) is 9.41. The summed E-state index contributed by atoms with van der Waals surface area (Å²) in [5.41, 5.74) is 6.11. The van der Waals surface area contributed by atoms with Gasteiger partial charge in [0.1, 0.15) is 0 Å². The molecule has 1 heterocycles. The normalized spacial score (nSPS) is 34.3. The number of carbonyl (C=O) groups is 1. The lowest BCUT2D eigenvalue weighted by Crippen LogP contribution is -2.53. The molecule has 2 N–H and O–H groups in total. The Morgan fingerprint density at radius 1 is 0.958 bits per heavy atom. The van der Waals surface area contributed by atoms with Gasteiger partial charge in [-0.3, -0.25) is 9.69 Å². The summed E-state index contributed by atoms with van der Waals surface area (Å²) in [6.07, 6.45) is 9.60. The highest BCUT2D eigenvalue weighted by Crippen LogP contribution is 2.29. The topological polar surface area (TPSA) is 49.6 Å². The highest BCUT2D eigenvalue weighted by atomic mass is 35.5. The molecule has 1 amide bonds. The molecule has 1 aliphatic heterocycles. The molecule has 0 aromatic heterocycles. The van der Waals surface area contributed by atoms with E-state index in [1.807, 2.05) is 0 Å². The molecule has 0 aromatic carbocycles. The summed E-state index contributed by atoms with van der Waals surface area (Å²) >= 11 is 0. The van der Waals surface area contributed by atoms with Crippen molar-refractivity contribution in [3.05, 3.63) is 0 Å². The minimum atomic E-state index is 0. The van der Waals surface area contributed by atoms with Crippen molar-refractivity contribution in [3.8, 4) is 0 Å². The summed E-state index contributed by atoms with van der Waals surface area (Å²) in [6, 6.07) is 1.03. The van der Waals surface area contributed by atoms with Crippen molar-refractivity contribution < 1.29 is 4.79 Å². The van der Waals surface area contributed by atoms with Gasteiger partial charge in [0.2, 0.25) is 5.91 Å². The van der Waals surface area contributed by atoms with Crippen molar-refractivity contribution in [1.29, 1.82) is 0 Å². The smallest absolute Gasteiger partial charge is 0.222 e. The van der Waals surface area contributed by atoms with Crippen molar-refractivity contribution in [3.63, 3.8) is 0 Å². The lowest BCUT2D eigenvalue weighted by molar-refractivity contribution is -0.134. The van der Waals surface area contributed by atoms with Gasteiger partial charge in [-0.2, -0.15) is 0 Å². The number of nitrogens with zero attached hydrogens (tertiary/aromatic N) is 2. The van der Waals surface area contributed by atoms with Crippen LogP contribution in [0.4, 0.5) is 0 Å². The Morgan fingerprint density at radius 2 is 1.58 bits per heavy atom. The van der Waals surface area contributed by atoms with Crippen LogP contribution in [-0.2, 0) is 4.79 Å². The van der Waals surface area contributed by atoms with Gasteiger partial charge in [0.25, 0.3) is 0 Å². The Hall–Kier alpha value is -0.0300. The molecule has 2 saturated carbocycles. The second-order valence-electron chi connectivity index (χ2n) is 7.89. The Morgan fingerprint density at radius 3 is 2.12 bits per heavy atom. The molecule has 0 spiro atoms. The van der Waals surface area contributed by atoms with Gasteiger partial charge in [-0.15, -0.1) is 24.8 Å². The molecule has 0 aromatic rings. The molecule has 0 unspecified atom stereocenters. The third-order valence-electron chi connectivity index (χ3n) is 6.32. The monoisotopic (exact) mass is 379 g/mol. The molecule has 1 saturated heterocycles. The number of piperazine rings is 1. The molecule has 142 valence electrons. The summed E-state index contributed by atoms with van der Waals surface area (Å²) in [5, 5.41) is 0. The summed E-state index contributed by atoms with van der Waals surface area (Å²) in [5.74, 6) is 1.69. The van der Waals surface area contributed by atoms with Crippen LogP contribution in [0.1, 0.15) is 58.3 Å². The fourth-order valence-corrected chi connectivity index (χ4v) is 4.62. The molecule has 0 bridgehead atoms. The molecule has 0 radical (unpaired) electrons. The Kier molecular flexibility index (Phi) is 9.35. The second kappa shape index (κ2) is 10.2. The zero-order valence-electron chi connectivity index (χ0n) is 15.0. The third kappa shape index (κ3) is 5.48. The highest BCUT2D eigenvalue weighted by molar-refractivity contribution is 5.85. The Bertz CT molecular complexity index is 380. The maximum atomic E-state index is 12.5. The van der Waals surface area contributed by atoms with Gasteiger partial charge in [0.05, 0.1) is 0 Å². The minimum absolute atomic E-state index is 0. The summed E-state index contributed by atoms with van der Waals surface area (Å²) in [7, 11) is 0. The van der Waals surface area contributed by atoms with Crippen molar-refractivity contribution in [2.24, 2.45) is 17.6 Å². The van der Waals surface area contributed by atoms with E-state index in [0.717, 1.165) is 51.0 Å². The fourth-order valence-electron chi connectivity index (χ4n) is 4.62. The van der Waals surface area contributed by atoms with Gasteiger partial charge in [-0.05, 0) is 50.4 Å². The average molecular weight is 380 g/mol. The zero-order chi connectivity index (χ0) is 15.5. The number of halogens is 2. The summed E-state index contributed by atoms with van der Waals surface area (Å²) < 4.78 is 0. The van der Waals surface area contributed by atoms with Crippen LogP contribution in [0.3, 0.4) is 0 Å². The van der Waals surface area contributed by atoms with Crippen LogP contribution in [0.5, 0.6) is 0 Å². The SMILES string of the molecule is CC1CCC(N2CCN(C(=O)C[C@@H]3CCC[C@H]3N)CC2)CC1.Cl.Cl. The first kappa shape index (κ1) is 22.0. The van der Waals surface area contributed by atoms with E-state index < -0.39 is 0 Å². The predicted molar refractivity (Wildman–Crippen MR) is 104 cm³/mol. The lowest BCUT2D eigenvalue weighted by atomic mass is 9.86. The molecule has 6 heteroatoms. The number of nitrogens with two attached hydrogens (primary N) is 1. The van der Waals surface area contributed by atoms with Gasteiger partial charge in [-0.25, -0.2) is 0 Å². The largest absolute Gasteiger partial charge is 0.340 e. The molecule has 3 fully saturated rings. The van der Waals surface area contributed by atoms with E-state index in [-0.39, 0.29) is 30.9 Å². The van der Waals surface area contributed by atoms with Gasteiger partial charge in [-0.1, -0.05) is 13.3 Å². The van der Waals surface area contributed by atoms with Gasteiger partial charge in [0, 0.05) is 44.7 Å². The van der Waals surface area contributed by atoms with E-state index in [1.165, 1.54) is 32.1 Å². The number of amides is 1. The molecule has 24 heavy (non-hydrogen) atoms. The van der Waals surface area contributed by atoms with Gasteiger partial charge < -0.3 is 10.6 Å². The Labute approximate surface area is 159 Å². The number of hydrogen-bond acceptors (Lipinski definition) is 3. The fraction of sp³-hybridized carbons (Fsp3) is 0.944. The van der Waals surface area contributed by atoms with Crippen LogP contribution in [0, 0.1) is 11.8 Å². The lowest BCUT2D eigenvalue weighted by Gasteiger charge is -2.42. The van der Waals surface area contributed by atoms with Crippen LogP contribution in [0.15, 0.2) is 0 Å². The molecule has 3 rings (SSSR count). The molecule has 4 nitrogen and oxygen atoms in total. The highest BCUT2D eigenvalue weighted by Gasteiger charge is 2.31. The van der Waals surface area contributed by atoms with E-state index in [0.29, 0.717) is 18.2 Å². The van der Waals surface area contributed by atoms with Crippen LogP contribution in [-0.4, -0.2) is 54.0 Å². The second-order valence-corrected chi connectivity index (χ2v) is 7.89. The van der Waals surface area contributed by atoms with Crippen molar-refractivity contribution in [2.75, 3.05) is 26.2 Å². The minimum Gasteiger partial charge on any atom is -0.340 e. The maximum Gasteiger partial charge on any atom is 0.222 e. The summed E-state index contributed by atoms with van der Waals surface area (Å²) in [4.78, 5) is 17.2. The zero-order valence-corrected chi connectivity index (χ0v) is 16.6. The molecular formula is C18H35Cl2N3O. The number of rotatable bonds is 3. The summed E-state index contributed by atoms with van der Waals surface area (Å²) in [6.45, 7) is 6.36. The predicted octanol–water partition coefficient (Wildman–Crippen LogP) is 3.07. The number of carbonyl (C=O) groups excluding carboxylic acids is 1. The van der Waals surface area contributed by atoms with E-state index in [9.17, 15) is 4.79 Å². The van der Waals surface area contributed by atoms with Gasteiger partial charge >= 0.3 is 0 Å². The average Bonchev–Trinajstić information content (AvgIpc) is 2.93.